The van der Waals surface area contributed by atoms with Crippen LogP contribution in [0.2, 0.25) is 0 Å². The molecule has 0 amide bonds. The fraction of sp³-hybridized carbons (Fsp3) is 0.562. The van der Waals surface area contributed by atoms with Crippen molar-refractivity contribution in [2.24, 2.45) is 5.92 Å². The number of carbonyl (C=O) groups excluding carboxylic acids is 1. The summed E-state index contributed by atoms with van der Waals surface area (Å²) >= 11 is 0. The third-order valence-electron chi connectivity index (χ3n) is 3.97. The number of hydrogen-bond acceptors (Lipinski definition) is 4. The minimum Gasteiger partial charge on any atom is -0.469 e. The number of esters is 1. The number of benzene rings is 1. The Balaban J connectivity index is 1.92. The molecule has 1 aromatic carbocycles. The monoisotopic (exact) mass is 277 g/mol. The quantitative estimate of drug-likeness (QED) is 0.807. The van der Waals surface area contributed by atoms with Crippen LogP contribution in [0.25, 0.3) is 0 Å². The van der Waals surface area contributed by atoms with Gasteiger partial charge < -0.3 is 14.8 Å². The van der Waals surface area contributed by atoms with Gasteiger partial charge in [0.25, 0.3) is 0 Å². The third kappa shape index (κ3) is 4.05. The Morgan fingerprint density at radius 1 is 1.45 bits per heavy atom. The van der Waals surface area contributed by atoms with E-state index in [9.17, 15) is 4.79 Å². The second-order valence-electron chi connectivity index (χ2n) is 5.31. The van der Waals surface area contributed by atoms with Gasteiger partial charge in [-0.2, -0.15) is 0 Å². The van der Waals surface area contributed by atoms with E-state index in [0.717, 1.165) is 37.3 Å². The van der Waals surface area contributed by atoms with E-state index in [1.165, 1.54) is 7.11 Å². The molecule has 2 unspecified atom stereocenters. The molecule has 1 heterocycles. The van der Waals surface area contributed by atoms with E-state index in [4.69, 9.17) is 9.47 Å². The normalized spacial score (nSPS) is 19.8. The van der Waals surface area contributed by atoms with Crippen molar-refractivity contribution in [1.82, 2.24) is 5.32 Å². The fourth-order valence-corrected chi connectivity index (χ4v) is 2.51. The van der Waals surface area contributed by atoms with Crippen molar-refractivity contribution in [3.8, 4) is 0 Å². The third-order valence-corrected chi connectivity index (χ3v) is 3.97. The average Bonchev–Trinajstić information content (AvgIpc) is 3.00. The van der Waals surface area contributed by atoms with E-state index in [1.807, 2.05) is 18.2 Å². The van der Waals surface area contributed by atoms with E-state index in [-0.39, 0.29) is 5.97 Å². The maximum Gasteiger partial charge on any atom is 0.309 e. The van der Waals surface area contributed by atoms with E-state index >= 15 is 0 Å². The number of hydrogen-bond donors (Lipinski definition) is 1. The molecule has 1 saturated heterocycles. The predicted octanol–water partition coefficient (Wildman–Crippen LogP) is 1.92. The molecule has 0 saturated carbocycles. The second kappa shape index (κ2) is 7.41. The van der Waals surface area contributed by atoms with Crippen LogP contribution in [-0.4, -0.2) is 32.3 Å². The molecule has 2 atom stereocenters. The Kier molecular flexibility index (Phi) is 5.56. The highest BCUT2D eigenvalue weighted by Gasteiger charge is 2.21. The lowest BCUT2D eigenvalue weighted by molar-refractivity contribution is -0.139. The van der Waals surface area contributed by atoms with Crippen LogP contribution in [0.3, 0.4) is 0 Å². The van der Waals surface area contributed by atoms with Gasteiger partial charge in [0.2, 0.25) is 0 Å². The van der Waals surface area contributed by atoms with E-state index in [2.05, 4.69) is 18.3 Å². The van der Waals surface area contributed by atoms with Crippen molar-refractivity contribution >= 4 is 5.97 Å². The molecule has 20 heavy (non-hydrogen) atoms. The molecule has 0 aromatic heterocycles. The fourth-order valence-electron chi connectivity index (χ4n) is 2.51. The summed E-state index contributed by atoms with van der Waals surface area (Å²) < 4.78 is 10.2. The molecule has 4 nitrogen and oxygen atoms in total. The Bertz CT molecular complexity index is 441. The van der Waals surface area contributed by atoms with Crippen LogP contribution in [0.1, 0.15) is 24.5 Å². The van der Waals surface area contributed by atoms with Gasteiger partial charge in [-0.15, -0.1) is 0 Å². The zero-order chi connectivity index (χ0) is 14.4. The molecule has 4 heteroatoms. The van der Waals surface area contributed by atoms with Crippen molar-refractivity contribution in [3.05, 3.63) is 35.4 Å². The first-order valence-electron chi connectivity index (χ1n) is 7.15. The number of methoxy groups -OCH3 is 1. The molecular formula is C16H23NO3. The average molecular weight is 277 g/mol. The van der Waals surface area contributed by atoms with Gasteiger partial charge >= 0.3 is 5.97 Å². The maximum absolute atomic E-state index is 11.4. The maximum atomic E-state index is 11.4. The zero-order valence-electron chi connectivity index (χ0n) is 12.2. The molecule has 2 rings (SSSR count). The Hall–Kier alpha value is -1.39. The van der Waals surface area contributed by atoms with Crippen LogP contribution in [0.4, 0.5) is 0 Å². The summed E-state index contributed by atoms with van der Waals surface area (Å²) in [5.41, 5.74) is 2.19. The van der Waals surface area contributed by atoms with Gasteiger partial charge in [0.05, 0.1) is 20.1 Å². The summed E-state index contributed by atoms with van der Waals surface area (Å²) in [6, 6.07) is 8.42. The number of rotatable bonds is 6. The summed E-state index contributed by atoms with van der Waals surface area (Å²) in [5, 5.41) is 3.54. The van der Waals surface area contributed by atoms with Gasteiger partial charge in [0.1, 0.15) is 0 Å². The molecule has 1 aliphatic heterocycles. The van der Waals surface area contributed by atoms with Crippen LogP contribution >= 0.6 is 0 Å². The van der Waals surface area contributed by atoms with Crippen LogP contribution in [0, 0.1) is 5.92 Å². The second-order valence-corrected chi connectivity index (χ2v) is 5.31. The molecular weight excluding hydrogens is 254 g/mol. The van der Waals surface area contributed by atoms with E-state index in [1.54, 1.807) is 0 Å². The predicted molar refractivity (Wildman–Crippen MR) is 77.4 cm³/mol. The highest BCUT2D eigenvalue weighted by atomic mass is 16.5. The molecule has 1 N–H and O–H groups in total. The van der Waals surface area contributed by atoms with Crippen molar-refractivity contribution < 1.29 is 14.3 Å². The minimum atomic E-state index is -0.199. The van der Waals surface area contributed by atoms with Gasteiger partial charge in [-0.05, 0) is 30.4 Å². The van der Waals surface area contributed by atoms with Crippen molar-refractivity contribution in [2.45, 2.75) is 32.4 Å². The molecule has 0 aliphatic carbocycles. The van der Waals surface area contributed by atoms with Gasteiger partial charge in [0, 0.05) is 19.2 Å². The minimum absolute atomic E-state index is 0.199. The summed E-state index contributed by atoms with van der Waals surface area (Å²) in [6.45, 7) is 4.68. The number of nitrogens with one attached hydrogen (secondary N) is 1. The molecule has 1 aliphatic rings. The summed E-state index contributed by atoms with van der Waals surface area (Å²) in [4.78, 5) is 11.4. The molecule has 0 radical (unpaired) electrons. The van der Waals surface area contributed by atoms with Crippen LogP contribution in [0.5, 0.6) is 0 Å². The lowest BCUT2D eigenvalue weighted by Crippen LogP contribution is -2.33. The molecule has 1 fully saturated rings. The van der Waals surface area contributed by atoms with Crippen molar-refractivity contribution in [3.63, 3.8) is 0 Å². The standard InChI is InChI=1S/C16H23NO3/c1-12(15-7-8-20-11-15)17-10-14-6-4-3-5-13(14)9-16(18)19-2/h3-6,12,15,17H,7-11H2,1-2H3. The van der Waals surface area contributed by atoms with Crippen LogP contribution in [0.15, 0.2) is 24.3 Å². The van der Waals surface area contributed by atoms with Gasteiger partial charge in [0.15, 0.2) is 0 Å². The first-order chi connectivity index (χ1) is 9.70. The molecule has 1 aromatic rings. The Morgan fingerprint density at radius 2 is 2.20 bits per heavy atom. The van der Waals surface area contributed by atoms with Crippen molar-refractivity contribution in [1.29, 1.82) is 0 Å². The Labute approximate surface area is 120 Å². The van der Waals surface area contributed by atoms with Gasteiger partial charge in [-0.3, -0.25) is 4.79 Å². The highest BCUT2D eigenvalue weighted by molar-refractivity contribution is 5.72. The summed E-state index contributed by atoms with van der Waals surface area (Å²) in [7, 11) is 1.42. The molecule has 0 spiro atoms. The summed E-state index contributed by atoms with van der Waals surface area (Å²) in [6.07, 6.45) is 1.45. The van der Waals surface area contributed by atoms with Gasteiger partial charge in [-0.25, -0.2) is 0 Å². The zero-order valence-corrected chi connectivity index (χ0v) is 12.2. The first kappa shape index (κ1) is 15.0. The number of ether oxygens (including phenoxy) is 2. The number of carbonyl (C=O) groups is 1. The topological polar surface area (TPSA) is 47.6 Å². The highest BCUT2D eigenvalue weighted by Crippen LogP contribution is 2.17. The molecule has 110 valence electrons. The largest absolute Gasteiger partial charge is 0.469 e. The van der Waals surface area contributed by atoms with E-state index < -0.39 is 0 Å². The molecule has 0 bridgehead atoms. The van der Waals surface area contributed by atoms with Crippen LogP contribution in [-0.2, 0) is 27.2 Å². The summed E-state index contributed by atoms with van der Waals surface area (Å²) in [5.74, 6) is 0.387. The first-order valence-corrected chi connectivity index (χ1v) is 7.15. The lowest BCUT2D eigenvalue weighted by atomic mass is 9.99. The Morgan fingerprint density at radius 3 is 2.85 bits per heavy atom. The SMILES string of the molecule is COC(=O)Cc1ccccc1CNC(C)C1CCOC1. The lowest BCUT2D eigenvalue weighted by Gasteiger charge is -2.20. The smallest absolute Gasteiger partial charge is 0.309 e. The van der Waals surface area contributed by atoms with Crippen LogP contribution < -0.4 is 5.32 Å². The van der Waals surface area contributed by atoms with E-state index in [0.29, 0.717) is 18.4 Å². The van der Waals surface area contributed by atoms with Crippen molar-refractivity contribution in [2.75, 3.05) is 20.3 Å². The van der Waals surface area contributed by atoms with Gasteiger partial charge in [-0.1, -0.05) is 24.3 Å².